The average molecular weight is 333 g/mol. The molecule has 0 radical (unpaired) electrons. The van der Waals surface area contributed by atoms with Crippen LogP contribution in [-0.2, 0) is 6.42 Å². The van der Waals surface area contributed by atoms with Crippen LogP contribution in [0.1, 0.15) is 29.2 Å². The van der Waals surface area contributed by atoms with E-state index in [4.69, 9.17) is 9.47 Å². The molecule has 6 nitrogen and oxygen atoms in total. The predicted octanol–water partition coefficient (Wildman–Crippen LogP) is 2.78. The van der Waals surface area contributed by atoms with E-state index in [1.165, 1.54) is 0 Å². The zero-order valence-electron chi connectivity index (χ0n) is 13.1. The van der Waals surface area contributed by atoms with Crippen LogP contribution in [0.3, 0.4) is 0 Å². The Kier molecular flexibility index (Phi) is 4.66. The summed E-state index contributed by atoms with van der Waals surface area (Å²) in [4.78, 5) is 16.3. The van der Waals surface area contributed by atoms with Gasteiger partial charge in [0.25, 0.3) is 0 Å². The zero-order valence-corrected chi connectivity index (χ0v) is 13.9. The van der Waals surface area contributed by atoms with Gasteiger partial charge in [-0.15, -0.1) is 11.3 Å². The molecule has 1 aromatic heterocycles. The minimum atomic E-state index is -0.189. The number of urea groups is 1. The van der Waals surface area contributed by atoms with Crippen molar-refractivity contribution in [3.63, 3.8) is 0 Å². The summed E-state index contributed by atoms with van der Waals surface area (Å²) in [5.74, 6) is 1.53. The first-order valence-corrected chi connectivity index (χ1v) is 8.34. The van der Waals surface area contributed by atoms with Gasteiger partial charge in [-0.05, 0) is 38.0 Å². The molecule has 1 atom stereocenters. The van der Waals surface area contributed by atoms with Gasteiger partial charge in [-0.25, -0.2) is 9.78 Å². The van der Waals surface area contributed by atoms with Crippen molar-refractivity contribution < 1.29 is 14.3 Å². The Morgan fingerprint density at radius 2 is 2.22 bits per heavy atom. The van der Waals surface area contributed by atoms with Gasteiger partial charge in [-0.3, -0.25) is 0 Å². The van der Waals surface area contributed by atoms with Crippen LogP contribution in [-0.4, -0.2) is 24.4 Å². The maximum Gasteiger partial charge on any atom is 0.315 e. The number of fused-ring (bicyclic) bond motifs is 1. The summed E-state index contributed by atoms with van der Waals surface area (Å²) in [7, 11) is 0. The first-order chi connectivity index (χ1) is 11.1. The molecule has 2 N–H and O–H groups in total. The predicted molar refractivity (Wildman–Crippen MR) is 88.1 cm³/mol. The summed E-state index contributed by atoms with van der Waals surface area (Å²) in [6.45, 7) is 4.69. The van der Waals surface area contributed by atoms with E-state index in [0.29, 0.717) is 6.54 Å². The highest BCUT2D eigenvalue weighted by Gasteiger charge is 2.14. The molecule has 0 spiro atoms. The molecular formula is C16H19N3O3S. The molecule has 3 rings (SSSR count). The lowest BCUT2D eigenvalue weighted by atomic mass is 10.1. The van der Waals surface area contributed by atoms with Crippen molar-refractivity contribution in [3.8, 4) is 11.5 Å². The molecule has 23 heavy (non-hydrogen) atoms. The highest BCUT2D eigenvalue weighted by molar-refractivity contribution is 7.09. The van der Waals surface area contributed by atoms with Crippen LogP contribution < -0.4 is 20.1 Å². The van der Waals surface area contributed by atoms with Gasteiger partial charge in [-0.2, -0.15) is 0 Å². The van der Waals surface area contributed by atoms with Gasteiger partial charge in [0.1, 0.15) is 5.01 Å². The highest BCUT2D eigenvalue weighted by Crippen LogP contribution is 2.32. The number of amides is 2. The second kappa shape index (κ2) is 6.87. The van der Waals surface area contributed by atoms with Crippen LogP contribution in [0.15, 0.2) is 23.6 Å². The number of ether oxygens (including phenoxy) is 2. The zero-order chi connectivity index (χ0) is 16.2. The van der Waals surface area contributed by atoms with Crippen LogP contribution >= 0.6 is 11.3 Å². The molecule has 0 fully saturated rings. The molecule has 0 bridgehead atoms. The number of carbonyl (C=O) groups excluding carboxylic acids is 1. The van der Waals surface area contributed by atoms with Crippen molar-refractivity contribution in [1.82, 2.24) is 15.6 Å². The molecule has 2 aromatic rings. The number of thiazole rings is 1. The lowest BCUT2D eigenvalue weighted by Gasteiger charge is -2.12. The number of rotatable bonds is 5. The number of aromatic nitrogens is 1. The number of aryl methyl sites for hydroxylation is 1. The highest BCUT2D eigenvalue weighted by atomic mass is 32.1. The number of hydrogen-bond acceptors (Lipinski definition) is 5. The Hall–Kier alpha value is -2.28. The third-order valence-corrected chi connectivity index (χ3v) is 4.64. The number of nitrogens with one attached hydrogen (secondary N) is 2. The first kappa shape index (κ1) is 15.6. The summed E-state index contributed by atoms with van der Waals surface area (Å²) >= 11 is 1.55. The fourth-order valence-corrected chi connectivity index (χ4v) is 3.10. The quantitative estimate of drug-likeness (QED) is 0.882. The van der Waals surface area contributed by atoms with Crippen LogP contribution in [0, 0.1) is 6.92 Å². The van der Waals surface area contributed by atoms with Gasteiger partial charge in [-0.1, -0.05) is 6.07 Å². The maximum absolute atomic E-state index is 11.9. The summed E-state index contributed by atoms with van der Waals surface area (Å²) in [6.07, 6.45) is 0.731. The molecule has 2 heterocycles. The molecule has 1 aliphatic heterocycles. The van der Waals surface area contributed by atoms with Crippen LogP contribution in [0.5, 0.6) is 11.5 Å². The van der Waals surface area contributed by atoms with Crippen molar-refractivity contribution in [3.05, 3.63) is 39.8 Å². The minimum Gasteiger partial charge on any atom is -0.454 e. The summed E-state index contributed by atoms with van der Waals surface area (Å²) in [5, 5.41) is 8.64. The SMILES string of the molecule is Cc1csc(C(C)NC(=O)NCCc2ccc3c(c2)OCO3)n1. The summed E-state index contributed by atoms with van der Waals surface area (Å²) in [6, 6.07) is 5.53. The lowest BCUT2D eigenvalue weighted by Crippen LogP contribution is -2.38. The molecular weight excluding hydrogens is 314 g/mol. The van der Waals surface area contributed by atoms with E-state index in [1.807, 2.05) is 37.4 Å². The van der Waals surface area contributed by atoms with E-state index in [0.717, 1.165) is 34.2 Å². The van der Waals surface area contributed by atoms with Gasteiger partial charge < -0.3 is 20.1 Å². The van der Waals surface area contributed by atoms with E-state index in [1.54, 1.807) is 11.3 Å². The van der Waals surface area contributed by atoms with Gasteiger partial charge in [0.05, 0.1) is 6.04 Å². The fourth-order valence-electron chi connectivity index (χ4n) is 2.30. The molecule has 0 saturated carbocycles. The topological polar surface area (TPSA) is 72.5 Å². The standard InChI is InChI=1S/C16H19N3O3S/c1-10-8-23-15(18-10)11(2)19-16(20)17-6-5-12-3-4-13-14(7-12)22-9-21-13/h3-4,7-8,11H,5-6,9H2,1-2H3,(H2,17,19,20). The van der Waals surface area contributed by atoms with E-state index in [-0.39, 0.29) is 18.9 Å². The van der Waals surface area contributed by atoms with Crippen LogP contribution in [0.25, 0.3) is 0 Å². The summed E-state index contributed by atoms with van der Waals surface area (Å²) in [5.41, 5.74) is 2.07. The van der Waals surface area contributed by atoms with E-state index in [9.17, 15) is 4.79 Å². The molecule has 1 unspecified atom stereocenters. The Labute approximate surface area is 138 Å². The largest absolute Gasteiger partial charge is 0.454 e. The Morgan fingerprint density at radius 3 is 3.00 bits per heavy atom. The Bertz CT molecular complexity index is 702. The molecule has 1 aliphatic rings. The first-order valence-electron chi connectivity index (χ1n) is 7.47. The molecule has 7 heteroatoms. The fraction of sp³-hybridized carbons (Fsp3) is 0.375. The minimum absolute atomic E-state index is 0.0979. The number of carbonyl (C=O) groups is 1. The maximum atomic E-state index is 11.9. The third-order valence-electron chi connectivity index (χ3n) is 3.49. The van der Waals surface area contributed by atoms with Crippen molar-refractivity contribution in [1.29, 1.82) is 0 Å². The van der Waals surface area contributed by atoms with Crippen molar-refractivity contribution >= 4 is 17.4 Å². The smallest absolute Gasteiger partial charge is 0.315 e. The number of benzene rings is 1. The normalized spacial score (nSPS) is 13.7. The lowest BCUT2D eigenvalue weighted by molar-refractivity contribution is 0.174. The molecule has 0 saturated heterocycles. The van der Waals surface area contributed by atoms with Crippen molar-refractivity contribution in [2.45, 2.75) is 26.3 Å². The second-order valence-corrected chi connectivity index (χ2v) is 6.28. The van der Waals surface area contributed by atoms with Crippen molar-refractivity contribution in [2.75, 3.05) is 13.3 Å². The molecule has 0 aliphatic carbocycles. The third kappa shape index (κ3) is 3.92. The van der Waals surface area contributed by atoms with Gasteiger partial charge in [0, 0.05) is 17.6 Å². The second-order valence-electron chi connectivity index (χ2n) is 5.39. The summed E-state index contributed by atoms with van der Waals surface area (Å²) < 4.78 is 10.6. The van der Waals surface area contributed by atoms with Crippen molar-refractivity contribution in [2.24, 2.45) is 0 Å². The Balaban J connectivity index is 1.44. The molecule has 1 aromatic carbocycles. The average Bonchev–Trinajstić information content (AvgIpc) is 3.15. The van der Waals surface area contributed by atoms with Gasteiger partial charge >= 0.3 is 6.03 Å². The molecule has 2 amide bonds. The van der Waals surface area contributed by atoms with E-state index < -0.39 is 0 Å². The van der Waals surface area contributed by atoms with Crippen LogP contribution in [0.2, 0.25) is 0 Å². The van der Waals surface area contributed by atoms with E-state index in [2.05, 4.69) is 15.6 Å². The Morgan fingerprint density at radius 1 is 1.39 bits per heavy atom. The van der Waals surface area contributed by atoms with E-state index >= 15 is 0 Å². The monoisotopic (exact) mass is 333 g/mol. The number of nitrogens with zero attached hydrogens (tertiary/aromatic N) is 1. The van der Waals surface area contributed by atoms with Gasteiger partial charge in [0.15, 0.2) is 11.5 Å². The van der Waals surface area contributed by atoms with Crippen LogP contribution in [0.4, 0.5) is 4.79 Å². The molecule has 122 valence electrons. The number of hydrogen-bond donors (Lipinski definition) is 2. The van der Waals surface area contributed by atoms with Gasteiger partial charge in [0.2, 0.25) is 6.79 Å².